The van der Waals surface area contributed by atoms with Crippen LogP contribution < -0.4 is 20.5 Å². The van der Waals surface area contributed by atoms with Crippen molar-refractivity contribution in [3.05, 3.63) is 28.8 Å². The van der Waals surface area contributed by atoms with Crippen molar-refractivity contribution in [2.45, 2.75) is 33.2 Å². The van der Waals surface area contributed by atoms with E-state index in [0.29, 0.717) is 28.7 Å². The van der Waals surface area contributed by atoms with E-state index in [-0.39, 0.29) is 5.92 Å². The molecule has 1 aromatic carbocycles. The number of carbonyl (C=O) groups excluding carboxylic acids is 2. The number of rotatable bonds is 9. The molecule has 0 aliphatic heterocycles. The molecule has 0 radical (unpaired) electrons. The number of methoxy groups -OCH3 is 1. The number of halogens is 1. The Kier molecular flexibility index (Phi) is 8.28. The highest BCUT2D eigenvalue weighted by molar-refractivity contribution is 6.32. The third-order valence-corrected chi connectivity index (χ3v) is 4.06. The number of nitrogens with two attached hydrogens (primary N) is 1. The molecule has 2 atom stereocenters. The van der Waals surface area contributed by atoms with Gasteiger partial charge < -0.3 is 20.5 Å². The lowest BCUT2D eigenvalue weighted by molar-refractivity contribution is -0.126. The molecule has 0 bridgehead atoms. The minimum Gasteiger partial charge on any atom is -0.491 e. The van der Waals surface area contributed by atoms with E-state index in [1.165, 1.54) is 13.2 Å². The average Bonchev–Trinajstić information content (AvgIpc) is 2.57. The van der Waals surface area contributed by atoms with Gasteiger partial charge in [0.2, 0.25) is 11.8 Å². The quantitative estimate of drug-likeness (QED) is 0.656. The molecule has 7 heteroatoms. The summed E-state index contributed by atoms with van der Waals surface area (Å²) in [7, 11) is 1.51. The normalized spacial score (nSPS) is 13.3. The van der Waals surface area contributed by atoms with Gasteiger partial charge in [0.1, 0.15) is 6.04 Å². The number of ether oxygens (including phenoxy) is 2. The van der Waals surface area contributed by atoms with Crippen molar-refractivity contribution >= 4 is 29.5 Å². The molecule has 1 aromatic rings. The molecule has 0 saturated heterocycles. The molecule has 3 N–H and O–H groups in total. The fraction of sp³-hybridized carbons (Fsp3) is 0.444. The maximum Gasteiger partial charge on any atom is 0.244 e. The van der Waals surface area contributed by atoms with Gasteiger partial charge in [-0.3, -0.25) is 9.59 Å². The summed E-state index contributed by atoms with van der Waals surface area (Å²) in [4.78, 5) is 23.6. The van der Waals surface area contributed by atoms with Gasteiger partial charge in [-0.1, -0.05) is 31.9 Å². The first-order valence-corrected chi connectivity index (χ1v) is 8.49. The van der Waals surface area contributed by atoms with Crippen molar-refractivity contribution in [2.24, 2.45) is 11.7 Å². The van der Waals surface area contributed by atoms with Crippen molar-refractivity contribution in [1.29, 1.82) is 0 Å². The van der Waals surface area contributed by atoms with Crippen molar-refractivity contribution in [3.63, 3.8) is 0 Å². The summed E-state index contributed by atoms with van der Waals surface area (Å²) >= 11 is 6.17. The van der Waals surface area contributed by atoms with E-state index >= 15 is 0 Å². The van der Waals surface area contributed by atoms with Crippen molar-refractivity contribution in [3.8, 4) is 11.5 Å². The van der Waals surface area contributed by atoms with Gasteiger partial charge >= 0.3 is 0 Å². The number of benzene rings is 1. The van der Waals surface area contributed by atoms with E-state index in [1.54, 1.807) is 18.2 Å². The zero-order chi connectivity index (χ0) is 19.0. The second kappa shape index (κ2) is 9.93. The van der Waals surface area contributed by atoms with Gasteiger partial charge in [-0.15, -0.1) is 0 Å². The van der Waals surface area contributed by atoms with E-state index in [9.17, 15) is 9.59 Å². The maximum absolute atomic E-state index is 12.1. The first-order valence-electron chi connectivity index (χ1n) is 8.12. The van der Waals surface area contributed by atoms with Crippen LogP contribution in [0.2, 0.25) is 5.02 Å². The SMILES string of the molecule is CCOc1cc(C=CC(=O)NC(C(N)=O)C(C)CC)cc(Cl)c1OC. The van der Waals surface area contributed by atoms with E-state index in [4.69, 9.17) is 26.8 Å². The number of hydrogen-bond donors (Lipinski definition) is 2. The maximum atomic E-state index is 12.1. The molecule has 6 nitrogen and oxygen atoms in total. The largest absolute Gasteiger partial charge is 0.491 e. The van der Waals surface area contributed by atoms with Crippen LogP contribution in [-0.2, 0) is 9.59 Å². The minimum absolute atomic E-state index is 0.0464. The Morgan fingerprint density at radius 3 is 2.56 bits per heavy atom. The molecule has 2 unspecified atom stereocenters. The summed E-state index contributed by atoms with van der Waals surface area (Å²) < 4.78 is 10.7. The third kappa shape index (κ3) is 5.98. The Hall–Kier alpha value is -2.21. The molecule has 0 spiro atoms. The highest BCUT2D eigenvalue weighted by Crippen LogP contribution is 2.36. The van der Waals surface area contributed by atoms with E-state index in [1.807, 2.05) is 20.8 Å². The first kappa shape index (κ1) is 20.8. The van der Waals surface area contributed by atoms with Crippen LogP contribution in [0.3, 0.4) is 0 Å². The van der Waals surface area contributed by atoms with E-state index in [0.717, 1.165) is 6.42 Å². The van der Waals surface area contributed by atoms with Crippen LogP contribution in [0, 0.1) is 5.92 Å². The topological polar surface area (TPSA) is 90.6 Å². The summed E-state index contributed by atoms with van der Waals surface area (Å²) in [6, 6.07) is 2.67. The van der Waals surface area contributed by atoms with Gasteiger partial charge in [0.25, 0.3) is 0 Å². The fourth-order valence-electron chi connectivity index (χ4n) is 2.25. The van der Waals surface area contributed by atoms with Gasteiger partial charge in [-0.05, 0) is 36.6 Å². The predicted octanol–water partition coefficient (Wildman–Crippen LogP) is 2.78. The summed E-state index contributed by atoms with van der Waals surface area (Å²) in [6.45, 7) is 6.09. The summed E-state index contributed by atoms with van der Waals surface area (Å²) in [6.07, 6.45) is 3.63. The lowest BCUT2D eigenvalue weighted by atomic mass is 9.98. The molecule has 1 rings (SSSR count). The lowest BCUT2D eigenvalue weighted by Gasteiger charge is -2.20. The number of primary amides is 1. The Bertz CT molecular complexity index is 646. The van der Waals surface area contributed by atoms with Crippen molar-refractivity contribution in [1.82, 2.24) is 5.32 Å². The van der Waals surface area contributed by atoms with Gasteiger partial charge in [0.15, 0.2) is 11.5 Å². The third-order valence-electron chi connectivity index (χ3n) is 3.78. The first-order chi connectivity index (χ1) is 11.8. The molecule has 2 amide bonds. The number of carbonyl (C=O) groups is 2. The second-order valence-corrected chi connectivity index (χ2v) is 5.98. The Labute approximate surface area is 153 Å². The van der Waals surface area contributed by atoms with Crippen LogP contribution >= 0.6 is 11.6 Å². The lowest BCUT2D eigenvalue weighted by Crippen LogP contribution is -2.47. The molecule has 0 aliphatic rings. The van der Waals surface area contributed by atoms with Gasteiger partial charge in [-0.2, -0.15) is 0 Å². The average molecular weight is 369 g/mol. The van der Waals surface area contributed by atoms with Gasteiger partial charge in [0.05, 0.1) is 18.7 Å². The van der Waals surface area contributed by atoms with Crippen molar-refractivity contribution in [2.75, 3.05) is 13.7 Å². The standard InChI is InChI=1S/C18H25ClN2O4/c1-5-11(3)16(18(20)23)21-15(22)8-7-12-9-13(19)17(24-4)14(10-12)25-6-2/h7-11,16H,5-6H2,1-4H3,(H2,20,23)(H,21,22). The summed E-state index contributed by atoms with van der Waals surface area (Å²) in [5.74, 6) is -0.0751. The van der Waals surface area contributed by atoms with Crippen LogP contribution in [0.25, 0.3) is 6.08 Å². The van der Waals surface area contributed by atoms with Crippen LogP contribution in [0.1, 0.15) is 32.8 Å². The van der Waals surface area contributed by atoms with Crippen LogP contribution in [-0.4, -0.2) is 31.6 Å². The van der Waals surface area contributed by atoms with Crippen molar-refractivity contribution < 1.29 is 19.1 Å². The molecular weight excluding hydrogens is 344 g/mol. The van der Waals surface area contributed by atoms with Gasteiger partial charge in [-0.25, -0.2) is 0 Å². The van der Waals surface area contributed by atoms with E-state index in [2.05, 4.69) is 5.32 Å². The molecule has 25 heavy (non-hydrogen) atoms. The minimum atomic E-state index is -0.708. The molecule has 0 saturated carbocycles. The zero-order valence-corrected chi connectivity index (χ0v) is 15.7. The highest BCUT2D eigenvalue weighted by Gasteiger charge is 2.22. The number of nitrogens with one attached hydrogen (secondary N) is 1. The smallest absolute Gasteiger partial charge is 0.244 e. The van der Waals surface area contributed by atoms with E-state index < -0.39 is 17.9 Å². The molecular formula is C18H25ClN2O4. The highest BCUT2D eigenvalue weighted by atomic mass is 35.5. The Balaban J connectivity index is 2.93. The van der Waals surface area contributed by atoms with Crippen LogP contribution in [0.4, 0.5) is 0 Å². The Morgan fingerprint density at radius 1 is 1.36 bits per heavy atom. The summed E-state index contributed by atoms with van der Waals surface area (Å²) in [5, 5.41) is 3.00. The molecule has 138 valence electrons. The molecule has 0 heterocycles. The fourth-order valence-corrected chi connectivity index (χ4v) is 2.54. The van der Waals surface area contributed by atoms with Crippen LogP contribution in [0.15, 0.2) is 18.2 Å². The van der Waals surface area contributed by atoms with Gasteiger partial charge in [0, 0.05) is 6.08 Å². The number of amides is 2. The monoisotopic (exact) mass is 368 g/mol. The molecule has 0 aromatic heterocycles. The molecule has 0 fully saturated rings. The van der Waals surface area contributed by atoms with Crippen LogP contribution in [0.5, 0.6) is 11.5 Å². The predicted molar refractivity (Wildman–Crippen MR) is 98.8 cm³/mol. The second-order valence-electron chi connectivity index (χ2n) is 5.57. The summed E-state index contributed by atoms with van der Waals surface area (Å²) in [5.41, 5.74) is 6.02. The molecule has 0 aliphatic carbocycles. The number of hydrogen-bond acceptors (Lipinski definition) is 4. The Morgan fingerprint density at radius 2 is 2.04 bits per heavy atom. The zero-order valence-electron chi connectivity index (χ0n) is 15.0.